The molecule has 0 saturated carbocycles. The average molecular weight is 255 g/mol. The minimum absolute atomic E-state index is 0.0150. The molecular formula is C12H17NO3S. The van der Waals surface area contributed by atoms with E-state index in [2.05, 4.69) is 5.32 Å². The first-order valence-electron chi connectivity index (χ1n) is 5.32. The molecule has 0 fully saturated rings. The zero-order valence-electron chi connectivity index (χ0n) is 9.81. The lowest BCUT2D eigenvalue weighted by Gasteiger charge is -2.05. The molecule has 0 aliphatic heterocycles. The van der Waals surface area contributed by atoms with E-state index in [1.807, 2.05) is 0 Å². The average Bonchev–Trinajstić information content (AvgIpc) is 2.36. The molecule has 1 aromatic rings. The van der Waals surface area contributed by atoms with Crippen molar-refractivity contribution in [2.75, 3.05) is 30.5 Å². The van der Waals surface area contributed by atoms with Gasteiger partial charge in [0.2, 0.25) is 5.91 Å². The number of amides is 1. The van der Waals surface area contributed by atoms with E-state index in [9.17, 15) is 4.79 Å². The van der Waals surface area contributed by atoms with Crippen molar-refractivity contribution in [2.45, 2.75) is 6.61 Å². The Labute approximate surface area is 105 Å². The van der Waals surface area contributed by atoms with Gasteiger partial charge < -0.3 is 15.2 Å². The fraction of sp³-hybridized carbons (Fsp3) is 0.417. The summed E-state index contributed by atoms with van der Waals surface area (Å²) in [6, 6.07) is 7.13. The number of hydrogen-bond donors (Lipinski definition) is 2. The summed E-state index contributed by atoms with van der Waals surface area (Å²) in [6.07, 6.45) is 0. The van der Waals surface area contributed by atoms with Gasteiger partial charge in [-0.15, -0.1) is 11.8 Å². The Morgan fingerprint density at radius 3 is 2.71 bits per heavy atom. The molecule has 0 aromatic heterocycles. The fourth-order valence-electron chi connectivity index (χ4n) is 1.20. The van der Waals surface area contributed by atoms with Crippen LogP contribution < -0.4 is 5.32 Å². The summed E-state index contributed by atoms with van der Waals surface area (Å²) in [6.45, 7) is 0.671. The van der Waals surface area contributed by atoms with E-state index in [0.717, 1.165) is 17.0 Å². The highest BCUT2D eigenvalue weighted by Crippen LogP contribution is 2.10. The maximum absolute atomic E-state index is 11.5. The molecule has 0 heterocycles. The van der Waals surface area contributed by atoms with Crippen LogP contribution in [-0.4, -0.2) is 36.2 Å². The van der Waals surface area contributed by atoms with Crippen LogP contribution in [0.4, 0.5) is 5.69 Å². The van der Waals surface area contributed by atoms with Gasteiger partial charge in [0.25, 0.3) is 0 Å². The topological polar surface area (TPSA) is 58.6 Å². The largest absolute Gasteiger partial charge is 0.392 e. The number of aliphatic hydroxyl groups excluding tert-OH is 1. The molecule has 4 nitrogen and oxygen atoms in total. The van der Waals surface area contributed by atoms with Crippen molar-refractivity contribution in [2.24, 2.45) is 0 Å². The van der Waals surface area contributed by atoms with E-state index < -0.39 is 0 Å². The Morgan fingerprint density at radius 1 is 1.41 bits per heavy atom. The van der Waals surface area contributed by atoms with Gasteiger partial charge >= 0.3 is 0 Å². The Bertz CT molecular complexity index is 340. The summed E-state index contributed by atoms with van der Waals surface area (Å²) >= 11 is 1.54. The zero-order valence-corrected chi connectivity index (χ0v) is 10.6. The number of thioether (sulfide) groups is 1. The van der Waals surface area contributed by atoms with Gasteiger partial charge in [-0.05, 0) is 17.7 Å². The second-order valence-corrected chi connectivity index (χ2v) is 4.55. The number of benzene rings is 1. The third-order valence-electron chi connectivity index (χ3n) is 2.09. The molecule has 0 atom stereocenters. The van der Waals surface area contributed by atoms with Crippen LogP contribution in [0, 0.1) is 0 Å². The van der Waals surface area contributed by atoms with Crippen LogP contribution >= 0.6 is 11.8 Å². The van der Waals surface area contributed by atoms with Crippen molar-refractivity contribution in [1.29, 1.82) is 0 Å². The first-order valence-corrected chi connectivity index (χ1v) is 6.48. The Balaban J connectivity index is 2.29. The van der Waals surface area contributed by atoms with Crippen molar-refractivity contribution in [1.82, 2.24) is 0 Å². The van der Waals surface area contributed by atoms with E-state index in [1.165, 1.54) is 11.8 Å². The van der Waals surface area contributed by atoms with Crippen molar-refractivity contribution in [3.05, 3.63) is 29.8 Å². The third-order valence-corrected chi connectivity index (χ3v) is 3.01. The first kappa shape index (κ1) is 14.0. The van der Waals surface area contributed by atoms with Crippen molar-refractivity contribution >= 4 is 23.4 Å². The molecule has 1 rings (SSSR count). The van der Waals surface area contributed by atoms with Gasteiger partial charge in [-0.3, -0.25) is 4.79 Å². The highest BCUT2D eigenvalue weighted by atomic mass is 32.2. The normalized spacial score (nSPS) is 10.2. The van der Waals surface area contributed by atoms with Gasteiger partial charge in [-0.2, -0.15) is 0 Å². The molecule has 0 saturated heterocycles. The summed E-state index contributed by atoms with van der Waals surface area (Å²) < 4.78 is 4.89. The molecule has 5 heteroatoms. The third kappa shape index (κ3) is 5.72. The van der Waals surface area contributed by atoms with Crippen LogP contribution in [0.2, 0.25) is 0 Å². The smallest absolute Gasteiger partial charge is 0.234 e. The number of carbonyl (C=O) groups is 1. The molecule has 17 heavy (non-hydrogen) atoms. The summed E-state index contributed by atoms with van der Waals surface area (Å²) in [5.74, 6) is 1.21. The molecule has 1 amide bonds. The fourth-order valence-corrected chi connectivity index (χ4v) is 1.88. The molecular weight excluding hydrogens is 238 g/mol. The number of methoxy groups -OCH3 is 1. The second-order valence-electron chi connectivity index (χ2n) is 3.45. The lowest BCUT2D eigenvalue weighted by molar-refractivity contribution is -0.113. The summed E-state index contributed by atoms with van der Waals surface area (Å²) in [7, 11) is 1.64. The number of carbonyl (C=O) groups excluding carboxylic acids is 1. The maximum Gasteiger partial charge on any atom is 0.234 e. The maximum atomic E-state index is 11.5. The molecule has 0 bridgehead atoms. The highest BCUT2D eigenvalue weighted by molar-refractivity contribution is 7.99. The number of rotatable bonds is 7. The van der Waals surface area contributed by atoms with Crippen LogP contribution in [-0.2, 0) is 16.1 Å². The Kier molecular flexibility index (Phi) is 6.69. The van der Waals surface area contributed by atoms with Crippen LogP contribution in [0.5, 0.6) is 0 Å². The van der Waals surface area contributed by atoms with Gasteiger partial charge in [-0.1, -0.05) is 12.1 Å². The highest BCUT2D eigenvalue weighted by Gasteiger charge is 2.02. The quantitative estimate of drug-likeness (QED) is 0.725. The number of hydrogen-bond acceptors (Lipinski definition) is 4. The summed E-state index contributed by atoms with van der Waals surface area (Å²) in [4.78, 5) is 11.5. The van der Waals surface area contributed by atoms with Gasteiger partial charge in [0, 0.05) is 18.6 Å². The number of ether oxygens (including phenoxy) is 1. The van der Waals surface area contributed by atoms with Gasteiger partial charge in [0.05, 0.1) is 19.0 Å². The zero-order chi connectivity index (χ0) is 12.5. The van der Waals surface area contributed by atoms with Crippen LogP contribution in [0.3, 0.4) is 0 Å². The van der Waals surface area contributed by atoms with Crippen molar-refractivity contribution in [3.63, 3.8) is 0 Å². The lowest BCUT2D eigenvalue weighted by Crippen LogP contribution is -2.14. The van der Waals surface area contributed by atoms with E-state index in [4.69, 9.17) is 9.84 Å². The van der Waals surface area contributed by atoms with Gasteiger partial charge in [0.15, 0.2) is 0 Å². The summed E-state index contributed by atoms with van der Waals surface area (Å²) in [5.41, 5.74) is 1.58. The molecule has 0 aliphatic rings. The predicted octanol–water partition coefficient (Wildman–Crippen LogP) is 1.50. The minimum Gasteiger partial charge on any atom is -0.392 e. The molecule has 0 radical (unpaired) electrons. The van der Waals surface area contributed by atoms with Crippen molar-refractivity contribution < 1.29 is 14.6 Å². The standard InChI is InChI=1S/C12H17NO3S/c1-16-6-7-17-9-12(15)13-11-4-2-10(8-14)3-5-11/h2-5,14H,6-9H2,1H3,(H,13,15). The second kappa shape index (κ2) is 8.11. The van der Waals surface area contributed by atoms with Crippen molar-refractivity contribution in [3.8, 4) is 0 Å². The number of nitrogens with one attached hydrogen (secondary N) is 1. The molecule has 94 valence electrons. The molecule has 0 aliphatic carbocycles. The molecule has 2 N–H and O–H groups in total. The number of anilines is 1. The van der Waals surface area contributed by atoms with Gasteiger partial charge in [0.1, 0.15) is 0 Å². The van der Waals surface area contributed by atoms with E-state index in [-0.39, 0.29) is 12.5 Å². The molecule has 0 unspecified atom stereocenters. The molecule has 1 aromatic carbocycles. The minimum atomic E-state index is -0.0251. The monoisotopic (exact) mass is 255 g/mol. The SMILES string of the molecule is COCCSCC(=O)Nc1ccc(CO)cc1. The summed E-state index contributed by atoms with van der Waals surface area (Å²) in [5, 5.41) is 11.7. The Morgan fingerprint density at radius 2 is 2.12 bits per heavy atom. The number of aliphatic hydroxyl groups is 1. The predicted molar refractivity (Wildman–Crippen MR) is 70.2 cm³/mol. The van der Waals surface area contributed by atoms with Crippen LogP contribution in [0.15, 0.2) is 24.3 Å². The lowest BCUT2D eigenvalue weighted by atomic mass is 10.2. The van der Waals surface area contributed by atoms with Crippen LogP contribution in [0.1, 0.15) is 5.56 Å². The van der Waals surface area contributed by atoms with Gasteiger partial charge in [-0.25, -0.2) is 0 Å². The van der Waals surface area contributed by atoms with Crippen LogP contribution in [0.25, 0.3) is 0 Å². The first-order chi connectivity index (χ1) is 8.26. The Hall–Kier alpha value is -1.04. The van der Waals surface area contributed by atoms with E-state index >= 15 is 0 Å². The molecule has 0 spiro atoms. The van der Waals surface area contributed by atoms with E-state index in [1.54, 1.807) is 31.4 Å². The van der Waals surface area contributed by atoms with E-state index in [0.29, 0.717) is 12.4 Å².